The van der Waals surface area contributed by atoms with Crippen LogP contribution in [0.3, 0.4) is 0 Å². The van der Waals surface area contributed by atoms with Crippen LogP contribution in [0.25, 0.3) is 16.9 Å². The molecule has 11 heteroatoms. The third-order valence-electron chi connectivity index (χ3n) is 5.45. The molecule has 3 heterocycles. The number of pyridine rings is 1. The van der Waals surface area contributed by atoms with E-state index < -0.39 is 29.7 Å². The summed E-state index contributed by atoms with van der Waals surface area (Å²) < 4.78 is 37.6. The van der Waals surface area contributed by atoms with Crippen LogP contribution in [0, 0.1) is 18.6 Å². The van der Waals surface area contributed by atoms with E-state index >= 15 is 8.78 Å². The van der Waals surface area contributed by atoms with Gasteiger partial charge in [0, 0.05) is 24.7 Å². The lowest BCUT2D eigenvalue weighted by Crippen LogP contribution is -2.45. The average molecular weight is 460 g/mol. The molecule has 3 aromatic rings. The third kappa shape index (κ3) is 4.50. The van der Waals surface area contributed by atoms with E-state index in [0.29, 0.717) is 11.3 Å². The number of fused-ring (bicyclic) bond motifs is 1. The molecule has 2 N–H and O–H groups in total. The number of hydrogen-bond donors (Lipinski definition) is 2. The smallest absolute Gasteiger partial charge is 0.407 e. The molecule has 1 aromatic carbocycles. The first kappa shape index (κ1) is 22.6. The van der Waals surface area contributed by atoms with Gasteiger partial charge in [0.1, 0.15) is 17.3 Å². The number of ether oxygens (including phenoxy) is 1. The average Bonchev–Trinajstić information content (AvgIpc) is 3.10. The molecule has 1 aliphatic rings. The van der Waals surface area contributed by atoms with E-state index in [-0.39, 0.29) is 42.9 Å². The topological polar surface area (TPSA) is 105 Å². The van der Waals surface area contributed by atoms with Crippen LogP contribution >= 0.6 is 0 Å². The Morgan fingerprint density at radius 2 is 2.03 bits per heavy atom. The second-order valence-corrected chi connectivity index (χ2v) is 7.72. The number of halogens is 2. The lowest BCUT2D eigenvalue weighted by Gasteiger charge is -2.31. The van der Waals surface area contributed by atoms with E-state index in [2.05, 4.69) is 9.82 Å². The summed E-state index contributed by atoms with van der Waals surface area (Å²) in [6.07, 6.45) is 0.338. The molecule has 1 aliphatic heterocycles. The zero-order valence-electron chi connectivity index (χ0n) is 18.0. The van der Waals surface area contributed by atoms with Gasteiger partial charge in [0.05, 0.1) is 43.3 Å². The van der Waals surface area contributed by atoms with Gasteiger partial charge in [-0.2, -0.15) is 0 Å². The number of carbonyl (C=O) groups excluding carboxylic acids is 1. The fraction of sp³-hybridized carbons (Fsp3) is 0.318. The summed E-state index contributed by atoms with van der Waals surface area (Å²) in [5.41, 5.74) is 3.30. The number of rotatable bonds is 5. The molecule has 9 nitrogen and oxygen atoms in total. The van der Waals surface area contributed by atoms with Gasteiger partial charge in [-0.15, -0.1) is 0 Å². The first-order valence-corrected chi connectivity index (χ1v) is 10.2. The van der Waals surface area contributed by atoms with Crippen molar-refractivity contribution in [3.05, 3.63) is 58.9 Å². The van der Waals surface area contributed by atoms with Crippen LogP contribution < -0.4 is 5.48 Å². The highest BCUT2D eigenvalue weighted by molar-refractivity contribution is 5.94. The number of aromatic nitrogens is 2. The van der Waals surface area contributed by atoms with Crippen molar-refractivity contribution in [3.63, 3.8) is 0 Å². The minimum Gasteiger partial charge on any atom is -0.465 e. The molecule has 2 aromatic heterocycles. The molecule has 0 radical (unpaired) electrons. The van der Waals surface area contributed by atoms with E-state index in [0.717, 1.165) is 17.7 Å². The highest BCUT2D eigenvalue weighted by Gasteiger charge is 2.29. The molecule has 0 saturated carbocycles. The molecule has 1 atom stereocenters. The van der Waals surface area contributed by atoms with Crippen molar-refractivity contribution in [3.8, 4) is 11.3 Å². The van der Waals surface area contributed by atoms with Crippen LogP contribution in [0.5, 0.6) is 0 Å². The van der Waals surface area contributed by atoms with Gasteiger partial charge in [-0.05, 0) is 36.8 Å². The van der Waals surface area contributed by atoms with Gasteiger partial charge in [-0.1, -0.05) is 0 Å². The number of carboxylic acid groups (broad SMARTS) is 1. The van der Waals surface area contributed by atoms with E-state index in [4.69, 9.17) is 4.74 Å². The van der Waals surface area contributed by atoms with Crippen LogP contribution in [-0.2, 0) is 16.0 Å². The van der Waals surface area contributed by atoms with Gasteiger partial charge >= 0.3 is 6.09 Å². The minimum absolute atomic E-state index is 0.0605. The van der Waals surface area contributed by atoms with Crippen molar-refractivity contribution in [2.75, 3.05) is 26.8 Å². The first-order valence-electron chi connectivity index (χ1n) is 10.2. The number of aryl methyl sites for hydroxylation is 1. The van der Waals surface area contributed by atoms with E-state index in [1.54, 1.807) is 16.7 Å². The maximum atomic E-state index is 15.1. The number of imidazole rings is 1. The Hall–Kier alpha value is -3.57. The second-order valence-electron chi connectivity index (χ2n) is 7.72. The lowest BCUT2D eigenvalue weighted by molar-refractivity contribution is -0.0214. The van der Waals surface area contributed by atoms with Gasteiger partial charge in [0.25, 0.3) is 5.91 Å². The summed E-state index contributed by atoms with van der Waals surface area (Å²) in [4.78, 5) is 33.5. The zero-order chi connectivity index (χ0) is 23.7. The zero-order valence-corrected chi connectivity index (χ0v) is 18.0. The number of carbonyl (C=O) groups is 2. The summed E-state index contributed by atoms with van der Waals surface area (Å²) in [5.74, 6) is -2.72. The summed E-state index contributed by atoms with van der Waals surface area (Å²) in [5, 5.41) is 9.31. The summed E-state index contributed by atoms with van der Waals surface area (Å²) in [7, 11) is 1.21. The van der Waals surface area contributed by atoms with Crippen LogP contribution in [0.4, 0.5) is 13.6 Å². The number of amides is 2. The van der Waals surface area contributed by atoms with Crippen molar-refractivity contribution in [1.82, 2.24) is 19.8 Å². The Bertz CT molecular complexity index is 1210. The Balaban J connectivity index is 1.80. The number of hydroxylamine groups is 1. The number of morpholine rings is 1. The monoisotopic (exact) mass is 460 g/mol. The number of nitrogens with zero attached hydrogens (tertiary/aromatic N) is 3. The molecule has 2 amide bonds. The Kier molecular flexibility index (Phi) is 6.25. The molecule has 33 heavy (non-hydrogen) atoms. The second kappa shape index (κ2) is 9.12. The van der Waals surface area contributed by atoms with Crippen molar-refractivity contribution in [2.24, 2.45) is 0 Å². The predicted octanol–water partition coefficient (Wildman–Crippen LogP) is 2.80. The number of hydrogen-bond acceptors (Lipinski definition) is 5. The molecule has 0 bridgehead atoms. The maximum absolute atomic E-state index is 15.1. The fourth-order valence-corrected chi connectivity index (χ4v) is 3.91. The Morgan fingerprint density at radius 3 is 2.70 bits per heavy atom. The minimum atomic E-state index is -1.06. The van der Waals surface area contributed by atoms with Crippen LogP contribution in [0.2, 0.25) is 0 Å². The fourth-order valence-electron chi connectivity index (χ4n) is 3.91. The van der Waals surface area contributed by atoms with Gasteiger partial charge in [-0.3, -0.25) is 9.63 Å². The van der Waals surface area contributed by atoms with Crippen molar-refractivity contribution in [2.45, 2.75) is 19.4 Å². The highest BCUT2D eigenvalue weighted by Crippen LogP contribution is 2.32. The van der Waals surface area contributed by atoms with E-state index in [1.807, 2.05) is 18.5 Å². The number of nitrogens with one attached hydrogen (secondary N) is 1. The predicted molar refractivity (Wildman–Crippen MR) is 113 cm³/mol. The molecule has 1 saturated heterocycles. The molecular formula is C22H22F2N4O5. The standard InChI is InChI=1S/C22H22F2N4O5/c1-12-3-4-28-17(10-14-11-27(22(30)31)5-6-33-14)20(25-18(28)7-12)19-15(23)8-13(9-16(19)24)21(29)26-32-2/h3-4,7-9,14H,5-6,10-11H2,1-2H3,(H,26,29)(H,30,31). The molecule has 0 spiro atoms. The molecule has 1 unspecified atom stereocenters. The quantitative estimate of drug-likeness (QED) is 0.568. The van der Waals surface area contributed by atoms with Crippen LogP contribution in [0.15, 0.2) is 30.5 Å². The summed E-state index contributed by atoms with van der Waals surface area (Å²) >= 11 is 0. The molecular weight excluding hydrogens is 438 g/mol. The molecule has 0 aliphatic carbocycles. The molecule has 1 fully saturated rings. The lowest BCUT2D eigenvalue weighted by atomic mass is 10.0. The highest BCUT2D eigenvalue weighted by atomic mass is 19.1. The Labute approximate surface area is 187 Å². The summed E-state index contributed by atoms with van der Waals surface area (Å²) in [6.45, 7) is 2.45. The van der Waals surface area contributed by atoms with Gasteiger partial charge in [0.15, 0.2) is 0 Å². The van der Waals surface area contributed by atoms with Crippen molar-refractivity contribution >= 4 is 17.6 Å². The van der Waals surface area contributed by atoms with Gasteiger partial charge in [0.2, 0.25) is 0 Å². The van der Waals surface area contributed by atoms with E-state index in [9.17, 15) is 14.7 Å². The molecule has 4 rings (SSSR count). The third-order valence-corrected chi connectivity index (χ3v) is 5.45. The number of benzene rings is 1. The largest absolute Gasteiger partial charge is 0.465 e. The van der Waals surface area contributed by atoms with Crippen molar-refractivity contribution in [1.29, 1.82) is 0 Å². The van der Waals surface area contributed by atoms with Gasteiger partial charge in [-0.25, -0.2) is 24.0 Å². The summed E-state index contributed by atoms with van der Waals surface area (Å²) in [6, 6.07) is 5.43. The van der Waals surface area contributed by atoms with Gasteiger partial charge < -0.3 is 19.1 Å². The van der Waals surface area contributed by atoms with Crippen molar-refractivity contribution < 1.29 is 33.1 Å². The first-order chi connectivity index (χ1) is 15.8. The van der Waals surface area contributed by atoms with Crippen LogP contribution in [0.1, 0.15) is 21.6 Å². The van der Waals surface area contributed by atoms with E-state index in [1.165, 1.54) is 12.0 Å². The van der Waals surface area contributed by atoms with Crippen LogP contribution in [-0.4, -0.2) is 64.3 Å². The Morgan fingerprint density at radius 1 is 1.30 bits per heavy atom. The SMILES string of the molecule is CONC(=O)c1cc(F)c(-c2nc3cc(C)ccn3c2CC2CN(C(=O)O)CCO2)c(F)c1. The molecule has 174 valence electrons. The normalized spacial score (nSPS) is 16.2. The maximum Gasteiger partial charge on any atom is 0.407 e.